The molecule has 4 rings (SSSR count). The van der Waals surface area contributed by atoms with Crippen LogP contribution < -0.4 is 9.64 Å². The maximum absolute atomic E-state index is 13.1. The molecule has 0 bridgehead atoms. The third-order valence-electron chi connectivity index (χ3n) is 5.18. The molecule has 4 nitrogen and oxygen atoms in total. The zero-order chi connectivity index (χ0) is 21.8. The zero-order valence-electron chi connectivity index (χ0n) is 17.4. The van der Waals surface area contributed by atoms with E-state index >= 15 is 0 Å². The average molecular weight is 407 g/mol. The number of likely N-dealkylation sites (N-methyl/N-ethyl adjacent to an activating group) is 1. The van der Waals surface area contributed by atoms with Crippen LogP contribution >= 0.6 is 0 Å². The van der Waals surface area contributed by atoms with Crippen molar-refractivity contribution in [2.75, 3.05) is 19.1 Å². The number of methoxy groups -OCH3 is 1. The van der Waals surface area contributed by atoms with Gasteiger partial charge >= 0.3 is 0 Å². The number of benzene rings is 3. The molecule has 0 radical (unpaired) electrons. The van der Waals surface area contributed by atoms with Crippen molar-refractivity contribution in [2.24, 2.45) is 0 Å². The Labute approximate surface area is 181 Å². The molecule has 0 unspecified atom stereocenters. The highest BCUT2D eigenvalue weighted by molar-refractivity contribution is 6.36. The van der Waals surface area contributed by atoms with Gasteiger partial charge in [0.05, 0.1) is 18.4 Å². The number of amides is 1. The number of anilines is 1. The molecule has 31 heavy (non-hydrogen) atoms. The first-order valence-corrected chi connectivity index (χ1v) is 9.92. The maximum Gasteiger partial charge on any atom is 0.262 e. The van der Waals surface area contributed by atoms with Gasteiger partial charge in [-0.2, -0.15) is 0 Å². The number of fused-ring (bicyclic) bond motifs is 1. The van der Waals surface area contributed by atoms with Crippen molar-refractivity contribution >= 4 is 23.5 Å². The van der Waals surface area contributed by atoms with Crippen LogP contribution in [0, 0.1) is 11.8 Å². The summed E-state index contributed by atoms with van der Waals surface area (Å²) in [7, 11) is 3.32. The van der Waals surface area contributed by atoms with Gasteiger partial charge in [-0.25, -0.2) is 0 Å². The highest BCUT2D eigenvalue weighted by Crippen LogP contribution is 2.31. The van der Waals surface area contributed by atoms with Crippen LogP contribution in [0.25, 0.3) is 6.08 Å². The Morgan fingerprint density at radius 2 is 1.71 bits per heavy atom. The minimum Gasteiger partial charge on any atom is -0.497 e. The Balaban J connectivity index is 1.61. The van der Waals surface area contributed by atoms with Gasteiger partial charge in [0, 0.05) is 24.6 Å². The fourth-order valence-electron chi connectivity index (χ4n) is 3.46. The molecule has 0 atom stereocenters. The second kappa shape index (κ2) is 8.73. The first kappa shape index (κ1) is 20.2. The van der Waals surface area contributed by atoms with Gasteiger partial charge in [0.25, 0.3) is 5.91 Å². The van der Waals surface area contributed by atoms with E-state index in [1.54, 1.807) is 32.4 Å². The fourth-order valence-corrected chi connectivity index (χ4v) is 3.46. The van der Waals surface area contributed by atoms with Gasteiger partial charge in [0.15, 0.2) is 0 Å². The lowest BCUT2D eigenvalue weighted by Crippen LogP contribution is -2.36. The molecule has 0 N–H and O–H groups in total. The molecule has 0 saturated carbocycles. The molecular weight excluding hydrogens is 386 g/mol. The first-order chi connectivity index (χ1) is 15.1. The zero-order valence-corrected chi connectivity index (χ0v) is 17.4. The molecule has 3 aromatic rings. The van der Waals surface area contributed by atoms with E-state index in [4.69, 9.17) is 4.74 Å². The van der Waals surface area contributed by atoms with E-state index < -0.39 is 0 Å². The van der Waals surface area contributed by atoms with Crippen molar-refractivity contribution < 1.29 is 14.3 Å². The molecule has 0 aliphatic carbocycles. The van der Waals surface area contributed by atoms with Gasteiger partial charge in [-0.3, -0.25) is 9.59 Å². The number of ether oxygens (including phenoxy) is 1. The Hall–Kier alpha value is -4.10. The number of rotatable bonds is 3. The molecule has 3 aromatic carbocycles. The normalized spacial score (nSPS) is 14.1. The summed E-state index contributed by atoms with van der Waals surface area (Å²) in [5, 5.41) is 0. The molecule has 1 aliphatic heterocycles. The van der Waals surface area contributed by atoms with Gasteiger partial charge < -0.3 is 9.64 Å². The van der Waals surface area contributed by atoms with Gasteiger partial charge in [0.1, 0.15) is 5.75 Å². The predicted molar refractivity (Wildman–Crippen MR) is 122 cm³/mol. The minimum atomic E-state index is -0.306. The average Bonchev–Trinajstić information content (AvgIpc) is 2.81. The number of hydrogen-bond donors (Lipinski definition) is 0. The summed E-state index contributed by atoms with van der Waals surface area (Å²) < 4.78 is 5.17. The predicted octanol–water partition coefficient (Wildman–Crippen LogP) is 4.53. The molecular formula is C27H21NO3. The third-order valence-corrected chi connectivity index (χ3v) is 5.18. The van der Waals surface area contributed by atoms with Crippen molar-refractivity contribution in [1.82, 2.24) is 0 Å². The van der Waals surface area contributed by atoms with Gasteiger partial charge in [-0.15, -0.1) is 0 Å². The number of nitrogens with zero attached hydrogens (tertiary/aromatic N) is 1. The van der Waals surface area contributed by atoms with Gasteiger partial charge in [-0.05, 0) is 47.5 Å². The monoisotopic (exact) mass is 407 g/mol. The van der Waals surface area contributed by atoms with Crippen LogP contribution in [0.5, 0.6) is 5.75 Å². The SMILES string of the molecule is COc1ccc(CC#Cc2ccc3c(c2)C(=O)/C(=C/c2ccccc2)C(=O)N3C)cc1. The Morgan fingerprint density at radius 1 is 0.968 bits per heavy atom. The molecule has 0 aromatic heterocycles. The smallest absolute Gasteiger partial charge is 0.262 e. The van der Waals surface area contributed by atoms with Crippen LogP contribution in [0.15, 0.2) is 78.4 Å². The second-order valence-corrected chi connectivity index (χ2v) is 7.22. The van der Waals surface area contributed by atoms with Crippen LogP contribution in [-0.2, 0) is 11.2 Å². The number of carbonyl (C=O) groups excluding carboxylic acids is 2. The van der Waals surface area contributed by atoms with Crippen LogP contribution in [0.2, 0.25) is 0 Å². The summed E-state index contributed by atoms with van der Waals surface area (Å²) >= 11 is 0. The van der Waals surface area contributed by atoms with Gasteiger partial charge in [0.2, 0.25) is 5.78 Å². The molecule has 1 heterocycles. The van der Waals surface area contributed by atoms with Crippen molar-refractivity contribution in [3.8, 4) is 17.6 Å². The van der Waals surface area contributed by atoms with E-state index in [1.165, 1.54) is 4.90 Å². The highest BCUT2D eigenvalue weighted by atomic mass is 16.5. The molecule has 0 spiro atoms. The maximum atomic E-state index is 13.1. The summed E-state index contributed by atoms with van der Waals surface area (Å²) in [6.07, 6.45) is 2.23. The summed E-state index contributed by atoms with van der Waals surface area (Å²) in [6, 6.07) is 22.5. The fraction of sp³-hybridized carbons (Fsp3) is 0.111. The molecule has 0 fully saturated rings. The van der Waals surface area contributed by atoms with E-state index in [0.717, 1.165) is 22.4 Å². The summed E-state index contributed by atoms with van der Waals surface area (Å²) in [6.45, 7) is 0. The van der Waals surface area contributed by atoms with Gasteiger partial charge in [-0.1, -0.05) is 54.3 Å². The van der Waals surface area contributed by atoms with Crippen LogP contribution in [0.3, 0.4) is 0 Å². The standard InChI is InChI=1S/C27H21NO3/c1-28-25-16-13-21(10-6-9-19-11-14-22(31-2)15-12-19)17-23(25)26(29)24(27(28)30)18-20-7-4-3-5-8-20/h3-5,7-8,11-18H,9H2,1-2H3/b24-18-. The van der Waals surface area contributed by atoms with Crippen molar-refractivity contribution in [3.63, 3.8) is 0 Å². The molecule has 152 valence electrons. The molecule has 0 saturated heterocycles. The Bertz CT molecular complexity index is 1230. The number of carbonyl (C=O) groups is 2. The lowest BCUT2D eigenvalue weighted by Gasteiger charge is -2.26. The molecule has 4 heteroatoms. The van der Waals surface area contributed by atoms with Crippen LogP contribution in [-0.4, -0.2) is 25.8 Å². The number of Topliss-reactive ketones (excluding diaryl/α,β-unsaturated/α-hetero) is 1. The van der Waals surface area contributed by atoms with E-state index in [-0.39, 0.29) is 17.3 Å². The molecule has 1 aliphatic rings. The Kier molecular flexibility index (Phi) is 5.68. The van der Waals surface area contributed by atoms with E-state index in [2.05, 4.69) is 11.8 Å². The summed E-state index contributed by atoms with van der Waals surface area (Å²) in [5.41, 5.74) is 3.88. The molecule has 1 amide bonds. The number of ketones is 1. The van der Waals surface area contributed by atoms with Crippen LogP contribution in [0.4, 0.5) is 5.69 Å². The van der Waals surface area contributed by atoms with E-state index in [1.807, 2.05) is 60.7 Å². The highest BCUT2D eigenvalue weighted by Gasteiger charge is 2.32. The Morgan fingerprint density at radius 3 is 2.42 bits per heavy atom. The van der Waals surface area contributed by atoms with Crippen molar-refractivity contribution in [3.05, 3.63) is 101 Å². The lowest BCUT2D eigenvalue weighted by molar-refractivity contribution is -0.114. The largest absolute Gasteiger partial charge is 0.497 e. The van der Waals surface area contributed by atoms with Crippen molar-refractivity contribution in [2.45, 2.75) is 6.42 Å². The second-order valence-electron chi connectivity index (χ2n) is 7.22. The minimum absolute atomic E-state index is 0.157. The summed E-state index contributed by atoms with van der Waals surface area (Å²) in [4.78, 5) is 27.4. The first-order valence-electron chi connectivity index (χ1n) is 9.92. The van der Waals surface area contributed by atoms with E-state index in [0.29, 0.717) is 17.7 Å². The van der Waals surface area contributed by atoms with Crippen molar-refractivity contribution in [1.29, 1.82) is 0 Å². The lowest BCUT2D eigenvalue weighted by atomic mass is 9.92. The topological polar surface area (TPSA) is 46.6 Å². The third kappa shape index (κ3) is 4.26. The van der Waals surface area contributed by atoms with E-state index in [9.17, 15) is 9.59 Å². The quantitative estimate of drug-likeness (QED) is 0.364. The number of hydrogen-bond acceptors (Lipinski definition) is 3. The van der Waals surface area contributed by atoms with Crippen LogP contribution in [0.1, 0.15) is 27.0 Å². The summed E-state index contributed by atoms with van der Waals surface area (Å²) in [5.74, 6) is 6.50.